The molecule has 2 aromatic heterocycles. The van der Waals surface area contributed by atoms with Crippen LogP contribution in [-0.4, -0.2) is 31.7 Å². The average molecular weight is 362 g/mol. The first-order chi connectivity index (χ1) is 13.0. The Bertz CT molecular complexity index is 1000. The number of nitrogens with zero attached hydrogens (tertiary/aromatic N) is 4. The molecule has 0 aliphatic carbocycles. The topological polar surface area (TPSA) is 71.2 Å². The number of benzene rings is 1. The van der Waals surface area contributed by atoms with Crippen molar-refractivity contribution in [2.45, 2.75) is 32.0 Å². The minimum atomic E-state index is -0.668. The van der Waals surface area contributed by atoms with Crippen LogP contribution in [0.2, 0.25) is 0 Å². The van der Waals surface area contributed by atoms with E-state index in [-0.39, 0.29) is 11.1 Å². The lowest BCUT2D eigenvalue weighted by atomic mass is 10.0. The van der Waals surface area contributed by atoms with Crippen molar-refractivity contribution in [3.63, 3.8) is 0 Å². The number of pyridine rings is 1. The summed E-state index contributed by atoms with van der Waals surface area (Å²) in [5, 5.41) is 10.7. The summed E-state index contributed by atoms with van der Waals surface area (Å²) < 4.78 is 1.68. The van der Waals surface area contributed by atoms with E-state index >= 15 is 0 Å². The predicted octanol–water partition coefficient (Wildman–Crippen LogP) is 2.64. The maximum atomic E-state index is 12.7. The predicted molar refractivity (Wildman–Crippen MR) is 105 cm³/mol. The molecule has 27 heavy (non-hydrogen) atoms. The monoisotopic (exact) mass is 362 g/mol. The molecule has 0 fully saturated rings. The van der Waals surface area contributed by atoms with Gasteiger partial charge in [0.15, 0.2) is 0 Å². The molecule has 1 aliphatic rings. The summed E-state index contributed by atoms with van der Waals surface area (Å²) in [6.07, 6.45) is 2.70. The fraction of sp³-hybridized carbons (Fsp3) is 0.286. The minimum Gasteiger partial charge on any atom is -0.387 e. The number of aliphatic hydroxyl groups is 1. The van der Waals surface area contributed by atoms with Gasteiger partial charge in [-0.15, -0.1) is 0 Å². The highest BCUT2D eigenvalue weighted by molar-refractivity contribution is 5.60. The van der Waals surface area contributed by atoms with Crippen molar-refractivity contribution in [1.29, 1.82) is 0 Å². The molecule has 1 aliphatic heterocycles. The molecule has 1 atom stereocenters. The fourth-order valence-electron chi connectivity index (χ4n) is 3.54. The molecular formula is C21H22N4O2. The highest BCUT2D eigenvalue weighted by atomic mass is 16.3. The average Bonchev–Trinajstić information content (AvgIpc) is 2.94. The number of fused-ring (bicyclic) bond motifs is 1. The molecule has 0 spiro atoms. The molecule has 6 nitrogen and oxygen atoms in total. The Morgan fingerprint density at radius 1 is 1.15 bits per heavy atom. The lowest BCUT2D eigenvalue weighted by Gasteiger charge is -2.33. The van der Waals surface area contributed by atoms with Gasteiger partial charge in [-0.05, 0) is 31.5 Å². The van der Waals surface area contributed by atoms with Gasteiger partial charge in [0.25, 0.3) is 5.56 Å². The summed E-state index contributed by atoms with van der Waals surface area (Å²) in [4.78, 5) is 23.5. The van der Waals surface area contributed by atoms with E-state index in [0.717, 1.165) is 11.1 Å². The molecule has 0 saturated heterocycles. The summed E-state index contributed by atoms with van der Waals surface area (Å²) in [6.45, 7) is 5.02. The van der Waals surface area contributed by atoms with Crippen LogP contribution in [0.25, 0.3) is 11.3 Å². The first-order valence-electron chi connectivity index (χ1n) is 8.99. The van der Waals surface area contributed by atoms with Crippen molar-refractivity contribution in [2.24, 2.45) is 0 Å². The highest BCUT2D eigenvalue weighted by Gasteiger charge is 2.39. The summed E-state index contributed by atoms with van der Waals surface area (Å²) in [5.41, 5.74) is 1.89. The number of β-amino-alcohol motifs (C(OH)–C–C–N with tert-alkyl or cyclic N) is 1. The molecule has 0 radical (unpaired) electrons. The van der Waals surface area contributed by atoms with Crippen molar-refractivity contribution >= 4 is 5.95 Å². The molecule has 0 saturated carbocycles. The molecule has 138 valence electrons. The number of hydrogen-bond acceptors (Lipinski definition) is 5. The van der Waals surface area contributed by atoms with Crippen molar-refractivity contribution in [1.82, 2.24) is 14.5 Å². The standard InChI is InChI=1S/C21H22N4O2/c1-21(2)14-24-19(27)12-17(15-8-10-22-11-9-15)23-20(24)25(21)13-18(26)16-6-4-3-5-7-16/h3-12,18,26H,13-14H2,1-2H3. The summed E-state index contributed by atoms with van der Waals surface area (Å²) in [6, 6.07) is 14.8. The van der Waals surface area contributed by atoms with Gasteiger partial charge >= 0.3 is 0 Å². The summed E-state index contributed by atoms with van der Waals surface area (Å²) >= 11 is 0. The Labute approximate surface area is 157 Å². The molecular weight excluding hydrogens is 340 g/mol. The summed E-state index contributed by atoms with van der Waals surface area (Å²) in [7, 11) is 0. The third kappa shape index (κ3) is 3.24. The van der Waals surface area contributed by atoms with E-state index < -0.39 is 6.10 Å². The first kappa shape index (κ1) is 17.4. The lowest BCUT2D eigenvalue weighted by molar-refractivity contribution is 0.176. The van der Waals surface area contributed by atoms with E-state index in [9.17, 15) is 9.90 Å². The molecule has 6 heteroatoms. The molecule has 3 aromatic rings. The molecule has 0 amide bonds. The Hall–Kier alpha value is -2.99. The van der Waals surface area contributed by atoms with E-state index in [1.165, 1.54) is 0 Å². The van der Waals surface area contributed by atoms with E-state index in [4.69, 9.17) is 4.98 Å². The third-order valence-corrected chi connectivity index (χ3v) is 5.02. The van der Waals surface area contributed by atoms with Crippen LogP contribution in [0, 0.1) is 0 Å². The van der Waals surface area contributed by atoms with Crippen LogP contribution in [0.5, 0.6) is 0 Å². The van der Waals surface area contributed by atoms with Gasteiger partial charge in [-0.1, -0.05) is 30.3 Å². The third-order valence-electron chi connectivity index (χ3n) is 5.02. The second kappa shape index (κ2) is 6.63. The zero-order valence-electron chi connectivity index (χ0n) is 15.4. The fourth-order valence-corrected chi connectivity index (χ4v) is 3.54. The van der Waals surface area contributed by atoms with Crippen molar-refractivity contribution < 1.29 is 5.11 Å². The second-order valence-corrected chi connectivity index (χ2v) is 7.45. The van der Waals surface area contributed by atoms with Gasteiger partial charge in [-0.3, -0.25) is 14.3 Å². The smallest absolute Gasteiger partial charge is 0.255 e. The van der Waals surface area contributed by atoms with Gasteiger partial charge < -0.3 is 10.0 Å². The molecule has 4 rings (SSSR count). The first-order valence-corrected chi connectivity index (χ1v) is 8.99. The Balaban J connectivity index is 1.74. The largest absolute Gasteiger partial charge is 0.387 e. The van der Waals surface area contributed by atoms with Crippen molar-refractivity contribution in [3.05, 3.63) is 76.8 Å². The van der Waals surface area contributed by atoms with E-state index in [0.29, 0.717) is 24.7 Å². The van der Waals surface area contributed by atoms with Crippen LogP contribution in [0.15, 0.2) is 65.7 Å². The van der Waals surface area contributed by atoms with E-state index in [1.54, 1.807) is 23.0 Å². The number of anilines is 1. The van der Waals surface area contributed by atoms with Gasteiger partial charge in [0.05, 0.1) is 30.4 Å². The van der Waals surface area contributed by atoms with Crippen LogP contribution in [0.1, 0.15) is 25.5 Å². The Morgan fingerprint density at radius 3 is 2.56 bits per heavy atom. The van der Waals surface area contributed by atoms with E-state index in [2.05, 4.69) is 18.8 Å². The van der Waals surface area contributed by atoms with Crippen LogP contribution < -0.4 is 10.5 Å². The van der Waals surface area contributed by atoms with Crippen molar-refractivity contribution in [3.8, 4) is 11.3 Å². The van der Waals surface area contributed by atoms with Gasteiger partial charge in [-0.25, -0.2) is 4.98 Å². The number of aliphatic hydroxyl groups excluding tert-OH is 1. The zero-order chi connectivity index (χ0) is 19.0. The minimum absolute atomic E-state index is 0.0865. The highest BCUT2D eigenvalue weighted by Crippen LogP contribution is 2.33. The van der Waals surface area contributed by atoms with Crippen LogP contribution in [0.4, 0.5) is 5.95 Å². The molecule has 3 heterocycles. The Morgan fingerprint density at radius 2 is 1.85 bits per heavy atom. The Kier molecular flexibility index (Phi) is 4.28. The quantitative estimate of drug-likeness (QED) is 0.773. The van der Waals surface area contributed by atoms with Gasteiger partial charge in [0.1, 0.15) is 0 Å². The molecule has 1 unspecified atom stereocenters. The zero-order valence-corrected chi connectivity index (χ0v) is 15.4. The van der Waals surface area contributed by atoms with Crippen LogP contribution >= 0.6 is 0 Å². The lowest BCUT2D eigenvalue weighted by Crippen LogP contribution is -2.44. The maximum absolute atomic E-state index is 12.7. The SMILES string of the molecule is CC1(C)Cn2c(nc(-c3ccncc3)cc2=O)N1CC(O)c1ccccc1. The van der Waals surface area contributed by atoms with Gasteiger partial charge in [0, 0.05) is 24.0 Å². The summed E-state index contributed by atoms with van der Waals surface area (Å²) in [5.74, 6) is 0.592. The van der Waals surface area contributed by atoms with Crippen molar-refractivity contribution in [2.75, 3.05) is 11.4 Å². The van der Waals surface area contributed by atoms with E-state index in [1.807, 2.05) is 47.4 Å². The normalized spacial score (nSPS) is 16.2. The maximum Gasteiger partial charge on any atom is 0.255 e. The van der Waals surface area contributed by atoms with Gasteiger partial charge in [0.2, 0.25) is 5.95 Å². The molecule has 1 aromatic carbocycles. The number of hydrogen-bond donors (Lipinski definition) is 1. The van der Waals surface area contributed by atoms with Gasteiger partial charge in [-0.2, -0.15) is 0 Å². The molecule has 0 bridgehead atoms. The number of rotatable bonds is 4. The van der Waals surface area contributed by atoms with Crippen LogP contribution in [0.3, 0.4) is 0 Å². The molecule has 1 N–H and O–H groups in total. The second-order valence-electron chi connectivity index (χ2n) is 7.45. The number of aromatic nitrogens is 3. The van der Waals surface area contributed by atoms with Crippen LogP contribution in [-0.2, 0) is 6.54 Å².